The van der Waals surface area contributed by atoms with Gasteiger partial charge in [0.1, 0.15) is 11.9 Å². The average molecular weight is 472 g/mol. The van der Waals surface area contributed by atoms with Crippen molar-refractivity contribution in [2.45, 2.75) is 104 Å². The summed E-state index contributed by atoms with van der Waals surface area (Å²) in [5.74, 6) is 1.64. The molecule has 1 aromatic carbocycles. The zero-order chi connectivity index (χ0) is 24.6. The summed E-state index contributed by atoms with van der Waals surface area (Å²) in [6, 6.07) is 6.41. The Morgan fingerprint density at radius 1 is 1.06 bits per heavy atom. The molecule has 0 aromatic heterocycles. The zero-order valence-electron chi connectivity index (χ0n) is 21.8. The highest BCUT2D eigenvalue weighted by Crippen LogP contribution is 2.53. The number of benzene rings is 1. The third kappa shape index (κ3) is 6.76. The Hall–Kier alpha value is -2.04. The van der Waals surface area contributed by atoms with Gasteiger partial charge in [-0.15, -0.1) is 0 Å². The lowest BCUT2D eigenvalue weighted by atomic mass is 9.65. The number of hydrogen-bond acceptors (Lipinski definition) is 4. The Morgan fingerprint density at radius 3 is 2.56 bits per heavy atom. The average Bonchev–Trinajstić information content (AvgIpc) is 3.12. The molecule has 2 unspecified atom stereocenters. The summed E-state index contributed by atoms with van der Waals surface area (Å²) in [5.41, 5.74) is 2.44. The van der Waals surface area contributed by atoms with Gasteiger partial charge in [0, 0.05) is 25.3 Å². The van der Waals surface area contributed by atoms with E-state index in [-0.39, 0.29) is 23.4 Å². The molecule has 1 fully saturated rings. The quantitative estimate of drug-likeness (QED) is 0.299. The highest BCUT2D eigenvalue weighted by molar-refractivity contribution is 5.77. The number of carbonyl (C=O) groups excluding carboxylic acids is 2. The van der Waals surface area contributed by atoms with Crippen LogP contribution in [0.1, 0.15) is 96.1 Å². The molecule has 0 spiro atoms. The summed E-state index contributed by atoms with van der Waals surface area (Å²) in [7, 11) is 1.71. The summed E-state index contributed by atoms with van der Waals surface area (Å²) in [6.45, 7) is 6.63. The minimum atomic E-state index is -0.328. The summed E-state index contributed by atoms with van der Waals surface area (Å²) in [5, 5.41) is 3.16. The molecule has 2 aliphatic rings. The van der Waals surface area contributed by atoms with Crippen LogP contribution in [-0.4, -0.2) is 31.6 Å². The molecule has 0 aliphatic heterocycles. The molecule has 0 radical (unpaired) electrons. The lowest BCUT2D eigenvalue weighted by Gasteiger charge is -2.41. The molecule has 0 bridgehead atoms. The van der Waals surface area contributed by atoms with Crippen molar-refractivity contribution in [3.8, 4) is 5.75 Å². The van der Waals surface area contributed by atoms with Gasteiger partial charge in [-0.25, -0.2) is 0 Å². The monoisotopic (exact) mass is 471 g/mol. The summed E-state index contributed by atoms with van der Waals surface area (Å²) in [4.78, 5) is 24.9. The van der Waals surface area contributed by atoms with Crippen LogP contribution in [-0.2, 0) is 27.2 Å². The number of aryl methyl sites for hydroxylation is 1. The number of methoxy groups -OCH3 is 1. The molecule has 1 saturated carbocycles. The molecule has 0 heterocycles. The van der Waals surface area contributed by atoms with Gasteiger partial charge in [-0.05, 0) is 73.6 Å². The number of nitrogens with one attached hydrogen (secondary N) is 1. The lowest BCUT2D eigenvalue weighted by Crippen LogP contribution is -2.43. The molecule has 5 heteroatoms. The Kier molecular flexibility index (Phi) is 9.85. The molecule has 0 saturated heterocycles. The predicted molar refractivity (Wildman–Crippen MR) is 136 cm³/mol. The SMILES string of the molecule is CCCCCCCCNC(=O)C[C@@]1(C)C(C2CCc3cc(OC)ccc3C2)CC[C@@H]1OC(C)=O. The fraction of sp³-hybridized carbons (Fsp3) is 0.724. The van der Waals surface area contributed by atoms with Crippen molar-refractivity contribution in [2.24, 2.45) is 17.3 Å². The van der Waals surface area contributed by atoms with Crippen molar-refractivity contribution < 1.29 is 19.1 Å². The maximum Gasteiger partial charge on any atom is 0.302 e. The van der Waals surface area contributed by atoms with Crippen molar-refractivity contribution in [1.29, 1.82) is 0 Å². The highest BCUT2D eigenvalue weighted by Gasteiger charge is 2.52. The smallest absolute Gasteiger partial charge is 0.302 e. The van der Waals surface area contributed by atoms with Gasteiger partial charge in [-0.2, -0.15) is 0 Å². The Balaban J connectivity index is 1.63. The Morgan fingerprint density at radius 2 is 1.82 bits per heavy atom. The standard InChI is InChI=1S/C29H45NO4/c1-5-6-7-8-9-10-17-30-28(32)20-29(3)26(15-16-27(29)34-21(2)31)24-12-11-23-19-25(33-4)14-13-22(23)18-24/h13-14,19,24,26-27H,5-12,15-18,20H2,1-4H3,(H,30,32)/t24?,26?,27-,29-/m0/s1. The maximum atomic E-state index is 13.0. The first-order valence-corrected chi connectivity index (χ1v) is 13.5. The first-order valence-electron chi connectivity index (χ1n) is 13.5. The number of hydrogen-bond donors (Lipinski definition) is 1. The van der Waals surface area contributed by atoms with Gasteiger partial charge in [0.15, 0.2) is 0 Å². The van der Waals surface area contributed by atoms with E-state index in [9.17, 15) is 9.59 Å². The molecule has 1 amide bonds. The number of ether oxygens (including phenoxy) is 2. The third-order valence-corrected chi connectivity index (χ3v) is 8.27. The van der Waals surface area contributed by atoms with Crippen molar-refractivity contribution in [1.82, 2.24) is 5.32 Å². The number of rotatable bonds is 12. The minimum absolute atomic E-state index is 0.0982. The zero-order valence-corrected chi connectivity index (χ0v) is 21.8. The van der Waals surface area contributed by atoms with Crippen molar-refractivity contribution >= 4 is 11.9 Å². The van der Waals surface area contributed by atoms with Gasteiger partial charge in [0.05, 0.1) is 7.11 Å². The first kappa shape index (κ1) is 26.6. The van der Waals surface area contributed by atoms with Gasteiger partial charge >= 0.3 is 5.97 Å². The lowest BCUT2D eigenvalue weighted by molar-refractivity contribution is -0.155. The van der Waals surface area contributed by atoms with Gasteiger partial charge in [0.25, 0.3) is 0 Å². The van der Waals surface area contributed by atoms with Crippen LogP contribution >= 0.6 is 0 Å². The van der Waals surface area contributed by atoms with Crippen LogP contribution in [0.4, 0.5) is 0 Å². The molecule has 1 aromatic rings. The van der Waals surface area contributed by atoms with E-state index in [1.807, 2.05) is 6.07 Å². The molecule has 2 aliphatic carbocycles. The Labute approximate surface area is 206 Å². The van der Waals surface area contributed by atoms with Gasteiger partial charge in [-0.3, -0.25) is 9.59 Å². The van der Waals surface area contributed by atoms with E-state index < -0.39 is 0 Å². The topological polar surface area (TPSA) is 64.6 Å². The predicted octanol–water partition coefficient (Wildman–Crippen LogP) is 6.01. The van der Waals surface area contributed by atoms with Crippen molar-refractivity contribution in [3.63, 3.8) is 0 Å². The number of esters is 1. The first-order chi connectivity index (χ1) is 16.4. The number of amides is 1. The van der Waals surface area contributed by atoms with E-state index >= 15 is 0 Å². The normalized spacial score (nSPS) is 26.1. The van der Waals surface area contributed by atoms with Crippen LogP contribution in [0.5, 0.6) is 5.75 Å². The maximum absolute atomic E-state index is 13.0. The van der Waals surface area contributed by atoms with Crippen molar-refractivity contribution in [2.75, 3.05) is 13.7 Å². The fourth-order valence-corrected chi connectivity index (χ4v) is 6.41. The molecule has 34 heavy (non-hydrogen) atoms. The van der Waals surface area contributed by atoms with Crippen molar-refractivity contribution in [3.05, 3.63) is 29.3 Å². The van der Waals surface area contributed by atoms with E-state index in [1.165, 1.54) is 50.2 Å². The molecular weight excluding hydrogens is 426 g/mol. The van der Waals surface area contributed by atoms with Crippen LogP contribution < -0.4 is 10.1 Å². The number of carbonyl (C=O) groups is 2. The van der Waals surface area contributed by atoms with E-state index in [0.717, 1.165) is 50.8 Å². The highest BCUT2D eigenvalue weighted by atomic mass is 16.5. The molecule has 4 atom stereocenters. The van der Waals surface area contributed by atoms with E-state index in [0.29, 0.717) is 18.3 Å². The summed E-state index contributed by atoms with van der Waals surface area (Å²) in [6.07, 6.45) is 12.5. The summed E-state index contributed by atoms with van der Waals surface area (Å²) >= 11 is 0. The molecule has 5 nitrogen and oxygen atoms in total. The number of unbranched alkanes of at least 4 members (excludes halogenated alkanes) is 5. The van der Waals surface area contributed by atoms with E-state index in [2.05, 4.69) is 31.3 Å². The van der Waals surface area contributed by atoms with Crippen LogP contribution in [0.25, 0.3) is 0 Å². The van der Waals surface area contributed by atoms with Crippen LogP contribution in [0.2, 0.25) is 0 Å². The van der Waals surface area contributed by atoms with Crippen LogP contribution in [0.15, 0.2) is 18.2 Å². The second kappa shape index (κ2) is 12.6. The van der Waals surface area contributed by atoms with Crippen LogP contribution in [0.3, 0.4) is 0 Å². The second-order valence-corrected chi connectivity index (χ2v) is 10.7. The van der Waals surface area contributed by atoms with E-state index in [1.54, 1.807) is 7.11 Å². The molecule has 3 rings (SSSR count). The van der Waals surface area contributed by atoms with Gasteiger partial charge in [-0.1, -0.05) is 52.0 Å². The molecular formula is C29H45NO4. The van der Waals surface area contributed by atoms with Gasteiger partial charge < -0.3 is 14.8 Å². The second-order valence-electron chi connectivity index (χ2n) is 10.7. The van der Waals surface area contributed by atoms with Crippen LogP contribution in [0, 0.1) is 17.3 Å². The minimum Gasteiger partial charge on any atom is -0.497 e. The number of fused-ring (bicyclic) bond motifs is 1. The largest absolute Gasteiger partial charge is 0.497 e. The van der Waals surface area contributed by atoms with E-state index in [4.69, 9.17) is 9.47 Å². The fourth-order valence-electron chi connectivity index (χ4n) is 6.41. The van der Waals surface area contributed by atoms with Gasteiger partial charge in [0.2, 0.25) is 5.91 Å². The Bertz CT molecular complexity index is 822. The summed E-state index contributed by atoms with van der Waals surface area (Å²) < 4.78 is 11.2. The molecule has 190 valence electrons. The third-order valence-electron chi connectivity index (χ3n) is 8.27. The molecule has 1 N–H and O–H groups in total.